The number of thioether (sulfide) groups is 1. The second-order valence-corrected chi connectivity index (χ2v) is 4.58. The number of hydrogen-bond donors (Lipinski definition) is 0. The zero-order valence-corrected chi connectivity index (χ0v) is 10.6. The molecular formula is C13H13F3OS. The van der Waals surface area contributed by atoms with Gasteiger partial charge in [0.25, 0.3) is 0 Å². The molecule has 0 unspecified atom stereocenters. The Balaban J connectivity index is 2.74. The fourth-order valence-corrected chi connectivity index (χ4v) is 2.18. The molecule has 0 saturated heterocycles. The lowest BCUT2D eigenvalue weighted by atomic mass is 10.2. The maximum absolute atomic E-state index is 12.7. The third-order valence-corrected chi connectivity index (χ3v) is 3.20. The summed E-state index contributed by atoms with van der Waals surface area (Å²) in [5, 5.41) is 0. The first-order valence-corrected chi connectivity index (χ1v) is 6.42. The maximum Gasteiger partial charge on any atom is 0.417 e. The number of allylic oxidation sites excluding steroid dienone is 2. The summed E-state index contributed by atoms with van der Waals surface area (Å²) < 4.78 is 38.0. The van der Waals surface area contributed by atoms with E-state index in [1.165, 1.54) is 24.3 Å². The van der Waals surface area contributed by atoms with Crippen molar-refractivity contribution in [3.05, 3.63) is 42.0 Å². The van der Waals surface area contributed by atoms with Gasteiger partial charge in [-0.25, -0.2) is 0 Å². The Morgan fingerprint density at radius 2 is 2.00 bits per heavy atom. The van der Waals surface area contributed by atoms with Crippen LogP contribution in [0.4, 0.5) is 13.2 Å². The fraction of sp³-hybridized carbons (Fsp3) is 0.308. The van der Waals surface area contributed by atoms with Crippen molar-refractivity contribution in [2.45, 2.75) is 24.4 Å². The molecule has 0 amide bonds. The van der Waals surface area contributed by atoms with Gasteiger partial charge < -0.3 is 0 Å². The third-order valence-electron chi connectivity index (χ3n) is 2.10. The summed E-state index contributed by atoms with van der Waals surface area (Å²) in [5.41, 5.74) is -0.692. The molecule has 98 valence electrons. The average Bonchev–Trinajstić information content (AvgIpc) is 2.33. The van der Waals surface area contributed by atoms with Gasteiger partial charge in [-0.05, 0) is 24.6 Å². The van der Waals surface area contributed by atoms with Crippen LogP contribution in [0.1, 0.15) is 18.9 Å². The van der Waals surface area contributed by atoms with Gasteiger partial charge in [-0.2, -0.15) is 13.2 Å². The Bertz CT molecular complexity index is 438. The van der Waals surface area contributed by atoms with Gasteiger partial charge in [0.15, 0.2) is 5.78 Å². The second kappa shape index (κ2) is 6.64. The quantitative estimate of drug-likeness (QED) is 0.587. The molecule has 0 N–H and O–H groups in total. The fourth-order valence-electron chi connectivity index (χ4n) is 1.27. The van der Waals surface area contributed by atoms with Crippen LogP contribution in [-0.4, -0.2) is 11.5 Å². The van der Waals surface area contributed by atoms with Crippen LogP contribution in [0, 0.1) is 0 Å². The van der Waals surface area contributed by atoms with Gasteiger partial charge in [-0.1, -0.05) is 25.1 Å². The van der Waals surface area contributed by atoms with E-state index in [-0.39, 0.29) is 16.4 Å². The lowest BCUT2D eigenvalue weighted by Crippen LogP contribution is -2.07. The van der Waals surface area contributed by atoms with E-state index in [2.05, 4.69) is 0 Å². The van der Waals surface area contributed by atoms with Crippen molar-refractivity contribution in [1.29, 1.82) is 0 Å². The molecule has 1 aromatic carbocycles. The Morgan fingerprint density at radius 3 is 2.61 bits per heavy atom. The maximum atomic E-state index is 12.7. The van der Waals surface area contributed by atoms with E-state index in [0.29, 0.717) is 0 Å². The van der Waals surface area contributed by atoms with Crippen LogP contribution in [-0.2, 0) is 11.0 Å². The van der Waals surface area contributed by atoms with Gasteiger partial charge >= 0.3 is 6.18 Å². The number of rotatable bonds is 5. The highest BCUT2D eigenvalue weighted by Crippen LogP contribution is 2.36. The summed E-state index contributed by atoms with van der Waals surface area (Å²) >= 11 is 0.912. The smallest absolute Gasteiger partial charge is 0.294 e. The molecule has 18 heavy (non-hydrogen) atoms. The molecule has 0 atom stereocenters. The van der Waals surface area contributed by atoms with Crippen molar-refractivity contribution in [3.63, 3.8) is 0 Å². The molecule has 5 heteroatoms. The molecule has 0 spiro atoms. The van der Waals surface area contributed by atoms with Crippen LogP contribution >= 0.6 is 11.8 Å². The van der Waals surface area contributed by atoms with Gasteiger partial charge in [0, 0.05) is 4.90 Å². The number of hydrogen-bond acceptors (Lipinski definition) is 2. The molecule has 0 saturated carbocycles. The van der Waals surface area contributed by atoms with E-state index in [1.54, 1.807) is 6.08 Å². The number of halogens is 3. The number of ketones is 1. The van der Waals surface area contributed by atoms with Crippen LogP contribution in [0.2, 0.25) is 0 Å². The SMILES string of the molecule is CCC=CC(=O)CSc1ccccc1C(F)(F)F. The number of carbonyl (C=O) groups is 1. The summed E-state index contributed by atoms with van der Waals surface area (Å²) in [4.78, 5) is 11.4. The van der Waals surface area contributed by atoms with Crippen molar-refractivity contribution in [3.8, 4) is 0 Å². The molecule has 0 aliphatic carbocycles. The second-order valence-electron chi connectivity index (χ2n) is 3.56. The van der Waals surface area contributed by atoms with Crippen molar-refractivity contribution in [2.24, 2.45) is 0 Å². The molecule has 0 heterocycles. The lowest BCUT2D eigenvalue weighted by molar-refractivity contribution is -0.139. The Morgan fingerprint density at radius 1 is 1.33 bits per heavy atom. The Kier molecular flexibility index (Phi) is 5.47. The lowest BCUT2D eigenvalue weighted by Gasteiger charge is -2.11. The summed E-state index contributed by atoms with van der Waals surface area (Å²) in [5.74, 6) is -0.164. The topological polar surface area (TPSA) is 17.1 Å². The van der Waals surface area contributed by atoms with E-state index < -0.39 is 11.7 Å². The van der Waals surface area contributed by atoms with Crippen molar-refractivity contribution >= 4 is 17.5 Å². The van der Waals surface area contributed by atoms with Gasteiger partial charge in [0.1, 0.15) is 0 Å². The standard InChI is InChI=1S/C13H13F3OS/c1-2-3-6-10(17)9-18-12-8-5-4-7-11(12)13(14,15)16/h3-8H,2,9H2,1H3. The van der Waals surface area contributed by atoms with Gasteiger partial charge in [-0.15, -0.1) is 11.8 Å². The van der Waals surface area contributed by atoms with E-state index in [4.69, 9.17) is 0 Å². The first-order chi connectivity index (χ1) is 8.45. The minimum absolute atomic E-state index is 0.0175. The molecule has 1 rings (SSSR count). The average molecular weight is 274 g/mol. The van der Waals surface area contributed by atoms with Crippen molar-refractivity contribution in [1.82, 2.24) is 0 Å². The van der Waals surface area contributed by atoms with E-state index in [1.807, 2.05) is 6.92 Å². The minimum atomic E-state index is -4.38. The molecule has 0 radical (unpaired) electrons. The predicted octanol–water partition coefficient (Wildman–Crippen LogP) is 4.33. The first kappa shape index (κ1) is 14.8. The normalized spacial score (nSPS) is 12.0. The molecule has 1 nitrogen and oxygen atoms in total. The summed E-state index contributed by atoms with van der Waals surface area (Å²) in [6, 6.07) is 5.27. The van der Waals surface area contributed by atoms with E-state index >= 15 is 0 Å². The monoisotopic (exact) mass is 274 g/mol. The molecule has 0 fully saturated rings. The van der Waals surface area contributed by atoms with E-state index in [0.717, 1.165) is 24.2 Å². The molecule has 0 aliphatic heterocycles. The molecular weight excluding hydrogens is 261 g/mol. The number of carbonyl (C=O) groups excluding carboxylic acids is 1. The molecule has 0 bridgehead atoms. The van der Waals surface area contributed by atoms with E-state index in [9.17, 15) is 18.0 Å². The van der Waals surface area contributed by atoms with Crippen molar-refractivity contribution < 1.29 is 18.0 Å². The van der Waals surface area contributed by atoms with Crippen LogP contribution in [0.5, 0.6) is 0 Å². The highest BCUT2D eigenvalue weighted by molar-refractivity contribution is 8.00. The Labute approximate surface area is 108 Å². The zero-order chi connectivity index (χ0) is 13.6. The molecule has 1 aromatic rings. The first-order valence-electron chi connectivity index (χ1n) is 5.43. The highest BCUT2D eigenvalue weighted by Gasteiger charge is 2.33. The summed E-state index contributed by atoms with van der Waals surface area (Å²) in [7, 11) is 0. The van der Waals surface area contributed by atoms with Crippen molar-refractivity contribution in [2.75, 3.05) is 5.75 Å². The predicted molar refractivity (Wildman–Crippen MR) is 66.6 cm³/mol. The summed E-state index contributed by atoms with van der Waals surface area (Å²) in [6.45, 7) is 1.88. The van der Waals surface area contributed by atoms with Crippen LogP contribution < -0.4 is 0 Å². The minimum Gasteiger partial charge on any atom is -0.294 e. The zero-order valence-electron chi connectivity index (χ0n) is 9.83. The third kappa shape index (κ3) is 4.56. The van der Waals surface area contributed by atoms with Gasteiger partial charge in [0.05, 0.1) is 11.3 Å². The van der Waals surface area contributed by atoms with Gasteiger partial charge in [0.2, 0.25) is 0 Å². The van der Waals surface area contributed by atoms with Gasteiger partial charge in [-0.3, -0.25) is 4.79 Å². The number of benzene rings is 1. The summed E-state index contributed by atoms with van der Waals surface area (Å²) in [6.07, 6.45) is -0.552. The van der Waals surface area contributed by atoms with Crippen LogP contribution in [0.25, 0.3) is 0 Å². The molecule has 0 aliphatic rings. The molecule has 0 aromatic heterocycles. The van der Waals surface area contributed by atoms with Crippen LogP contribution in [0.3, 0.4) is 0 Å². The Hall–Kier alpha value is -1.23. The highest BCUT2D eigenvalue weighted by atomic mass is 32.2. The largest absolute Gasteiger partial charge is 0.417 e. The number of alkyl halides is 3. The van der Waals surface area contributed by atoms with Crippen LogP contribution in [0.15, 0.2) is 41.3 Å².